The molecule has 2 fully saturated rings. The summed E-state index contributed by atoms with van der Waals surface area (Å²) < 4.78 is 0. The molecule has 2 rings (SSSR count). The van der Waals surface area contributed by atoms with Crippen LogP contribution < -0.4 is 5.32 Å². The van der Waals surface area contributed by atoms with Gasteiger partial charge >= 0.3 is 0 Å². The van der Waals surface area contributed by atoms with Crippen molar-refractivity contribution in [1.29, 1.82) is 5.26 Å². The third-order valence-corrected chi connectivity index (χ3v) is 4.96. The Morgan fingerprint density at radius 3 is 2.80 bits per heavy atom. The molecule has 0 radical (unpaired) electrons. The topological polar surface area (TPSA) is 35.8 Å². The first-order chi connectivity index (χ1) is 7.40. The van der Waals surface area contributed by atoms with Crippen molar-refractivity contribution < 1.29 is 0 Å². The van der Waals surface area contributed by atoms with E-state index in [0.29, 0.717) is 6.04 Å². The van der Waals surface area contributed by atoms with Gasteiger partial charge in [0.15, 0.2) is 0 Å². The molecule has 0 aromatic heterocycles. The van der Waals surface area contributed by atoms with Crippen molar-refractivity contribution in [1.82, 2.24) is 5.32 Å². The van der Waals surface area contributed by atoms with Crippen LogP contribution in [0.2, 0.25) is 0 Å². The van der Waals surface area contributed by atoms with E-state index in [1.807, 2.05) is 0 Å². The maximum Gasteiger partial charge on any atom is 0.0672 e. The quantitative estimate of drug-likeness (QED) is 0.800. The van der Waals surface area contributed by atoms with Crippen molar-refractivity contribution in [2.75, 3.05) is 12.3 Å². The van der Waals surface area contributed by atoms with Gasteiger partial charge in [-0.15, -0.1) is 0 Å². The van der Waals surface area contributed by atoms with Gasteiger partial charge in [-0.2, -0.15) is 17.0 Å². The van der Waals surface area contributed by atoms with Crippen LogP contribution in [0.25, 0.3) is 0 Å². The maximum atomic E-state index is 9.06. The van der Waals surface area contributed by atoms with Crippen LogP contribution in [0.4, 0.5) is 0 Å². The second-order valence-corrected chi connectivity index (χ2v) is 6.08. The molecular weight excluding hydrogens is 204 g/mol. The van der Waals surface area contributed by atoms with Crippen LogP contribution in [-0.4, -0.2) is 23.6 Å². The Morgan fingerprint density at radius 1 is 1.20 bits per heavy atom. The fraction of sp³-hybridized carbons (Fsp3) is 0.917. The number of hydrogen-bond acceptors (Lipinski definition) is 3. The minimum absolute atomic E-state index is 0.269. The smallest absolute Gasteiger partial charge is 0.0672 e. The minimum atomic E-state index is 0.269. The van der Waals surface area contributed by atoms with Crippen molar-refractivity contribution in [3.8, 4) is 6.07 Å². The lowest BCUT2D eigenvalue weighted by Crippen LogP contribution is -2.40. The first-order valence-electron chi connectivity index (χ1n) is 6.15. The summed E-state index contributed by atoms with van der Waals surface area (Å²) in [5, 5.41) is 13.5. The van der Waals surface area contributed by atoms with Crippen molar-refractivity contribution in [2.45, 2.75) is 49.8 Å². The standard InChI is InChI=1S/C12H20N2S/c13-8-10-4-1-2-6-12(10)14-9-11-5-3-7-15-11/h10-12,14H,1-7,9H2. The van der Waals surface area contributed by atoms with Crippen LogP contribution in [-0.2, 0) is 0 Å². The van der Waals surface area contributed by atoms with E-state index in [1.165, 1.54) is 37.9 Å². The van der Waals surface area contributed by atoms with Gasteiger partial charge in [0.05, 0.1) is 12.0 Å². The summed E-state index contributed by atoms with van der Waals surface area (Å²) in [6, 6.07) is 2.94. The highest BCUT2D eigenvalue weighted by Crippen LogP contribution is 2.27. The summed E-state index contributed by atoms with van der Waals surface area (Å²) in [5.41, 5.74) is 0. The normalized spacial score (nSPS) is 36.3. The molecule has 84 valence electrons. The second-order valence-electron chi connectivity index (χ2n) is 4.67. The van der Waals surface area contributed by atoms with Crippen LogP contribution >= 0.6 is 11.8 Å². The van der Waals surface area contributed by atoms with E-state index in [4.69, 9.17) is 5.26 Å². The number of rotatable bonds is 3. The lowest BCUT2D eigenvalue weighted by atomic mass is 9.85. The number of nitriles is 1. The highest BCUT2D eigenvalue weighted by atomic mass is 32.2. The fourth-order valence-electron chi connectivity index (χ4n) is 2.62. The molecule has 0 bridgehead atoms. The molecule has 0 spiro atoms. The van der Waals surface area contributed by atoms with E-state index in [9.17, 15) is 0 Å². The second kappa shape index (κ2) is 5.77. The van der Waals surface area contributed by atoms with Crippen LogP contribution in [0.5, 0.6) is 0 Å². The molecule has 3 atom stereocenters. The van der Waals surface area contributed by atoms with E-state index in [0.717, 1.165) is 18.2 Å². The van der Waals surface area contributed by atoms with Gasteiger partial charge in [0.1, 0.15) is 0 Å². The lowest BCUT2D eigenvalue weighted by Gasteiger charge is -2.28. The molecule has 15 heavy (non-hydrogen) atoms. The molecule has 1 saturated heterocycles. The molecule has 1 aliphatic carbocycles. The SMILES string of the molecule is N#CC1CCCCC1NCC1CCCS1. The molecular formula is C12H20N2S. The molecule has 1 saturated carbocycles. The zero-order valence-electron chi connectivity index (χ0n) is 9.24. The minimum Gasteiger partial charge on any atom is -0.312 e. The van der Waals surface area contributed by atoms with Crippen molar-refractivity contribution in [3.63, 3.8) is 0 Å². The average molecular weight is 224 g/mol. The van der Waals surface area contributed by atoms with Crippen LogP contribution in [0, 0.1) is 17.2 Å². The van der Waals surface area contributed by atoms with Gasteiger partial charge in [0.2, 0.25) is 0 Å². The number of nitrogens with zero attached hydrogens (tertiary/aromatic N) is 1. The van der Waals surface area contributed by atoms with Gasteiger partial charge in [-0.1, -0.05) is 12.8 Å². The summed E-state index contributed by atoms with van der Waals surface area (Å²) >= 11 is 2.09. The van der Waals surface area contributed by atoms with E-state index in [1.54, 1.807) is 0 Å². The van der Waals surface area contributed by atoms with Crippen LogP contribution in [0.3, 0.4) is 0 Å². The zero-order valence-corrected chi connectivity index (χ0v) is 10.1. The lowest BCUT2D eigenvalue weighted by molar-refractivity contribution is 0.313. The average Bonchev–Trinajstić information content (AvgIpc) is 2.79. The summed E-state index contributed by atoms with van der Waals surface area (Å²) in [5.74, 6) is 1.60. The van der Waals surface area contributed by atoms with Gasteiger partial charge in [-0.05, 0) is 31.4 Å². The molecule has 0 aromatic carbocycles. The predicted molar refractivity (Wildman–Crippen MR) is 64.8 cm³/mol. The summed E-state index contributed by atoms with van der Waals surface area (Å²) in [6.07, 6.45) is 7.59. The summed E-state index contributed by atoms with van der Waals surface area (Å²) in [4.78, 5) is 0. The first kappa shape index (κ1) is 11.3. The molecule has 1 heterocycles. The molecule has 2 nitrogen and oxygen atoms in total. The Bertz CT molecular complexity index is 230. The largest absolute Gasteiger partial charge is 0.312 e. The van der Waals surface area contributed by atoms with Gasteiger partial charge in [0.25, 0.3) is 0 Å². The van der Waals surface area contributed by atoms with E-state index < -0.39 is 0 Å². The molecule has 3 unspecified atom stereocenters. The monoisotopic (exact) mass is 224 g/mol. The first-order valence-corrected chi connectivity index (χ1v) is 7.19. The summed E-state index contributed by atoms with van der Waals surface area (Å²) in [7, 11) is 0. The van der Waals surface area contributed by atoms with Gasteiger partial charge in [0, 0.05) is 17.8 Å². The Kier molecular flexibility index (Phi) is 4.34. The molecule has 0 aromatic rings. The van der Waals surface area contributed by atoms with E-state index in [2.05, 4.69) is 23.1 Å². The number of nitrogens with one attached hydrogen (secondary N) is 1. The van der Waals surface area contributed by atoms with Gasteiger partial charge in [-0.3, -0.25) is 0 Å². The molecule has 0 amide bonds. The maximum absolute atomic E-state index is 9.06. The third-order valence-electron chi connectivity index (χ3n) is 3.56. The van der Waals surface area contributed by atoms with Crippen molar-refractivity contribution in [3.05, 3.63) is 0 Å². The molecule has 1 N–H and O–H groups in total. The number of hydrogen-bond donors (Lipinski definition) is 1. The van der Waals surface area contributed by atoms with Crippen LogP contribution in [0.15, 0.2) is 0 Å². The Balaban J connectivity index is 1.74. The van der Waals surface area contributed by atoms with Crippen LogP contribution in [0.1, 0.15) is 38.5 Å². The molecule has 1 aliphatic heterocycles. The molecule has 3 heteroatoms. The van der Waals surface area contributed by atoms with Gasteiger partial charge in [-0.25, -0.2) is 0 Å². The Morgan fingerprint density at radius 2 is 2.07 bits per heavy atom. The third kappa shape index (κ3) is 3.12. The van der Waals surface area contributed by atoms with Crippen molar-refractivity contribution in [2.24, 2.45) is 5.92 Å². The fourth-order valence-corrected chi connectivity index (χ4v) is 3.83. The number of thioether (sulfide) groups is 1. The highest BCUT2D eigenvalue weighted by Gasteiger charge is 2.25. The summed E-state index contributed by atoms with van der Waals surface area (Å²) in [6.45, 7) is 1.12. The zero-order chi connectivity index (χ0) is 10.5. The van der Waals surface area contributed by atoms with E-state index >= 15 is 0 Å². The molecule has 2 aliphatic rings. The highest BCUT2D eigenvalue weighted by molar-refractivity contribution is 8.00. The van der Waals surface area contributed by atoms with Crippen molar-refractivity contribution >= 4 is 11.8 Å². The predicted octanol–water partition coefficient (Wildman–Crippen LogP) is 2.55. The van der Waals surface area contributed by atoms with Gasteiger partial charge < -0.3 is 5.32 Å². The Hall–Kier alpha value is -0.200. The Labute approximate surface area is 96.8 Å². The van der Waals surface area contributed by atoms with E-state index in [-0.39, 0.29) is 5.92 Å².